The minimum absolute atomic E-state index is 0.00294. The fourth-order valence-electron chi connectivity index (χ4n) is 1.89. The van der Waals surface area contributed by atoms with Gasteiger partial charge < -0.3 is 9.73 Å². The molecule has 0 aliphatic rings. The van der Waals surface area contributed by atoms with Crippen molar-refractivity contribution in [1.29, 1.82) is 5.26 Å². The molecule has 1 aromatic heterocycles. The number of hydrogen-bond donors (Lipinski definition) is 1. The Morgan fingerprint density at radius 1 is 1.37 bits per heavy atom. The Hall–Kier alpha value is -2.12. The lowest BCUT2D eigenvalue weighted by molar-refractivity contribution is 0.418. The molecule has 98 valence electrons. The van der Waals surface area contributed by atoms with Gasteiger partial charge in [-0.3, -0.25) is 0 Å². The van der Waals surface area contributed by atoms with Crippen LogP contribution in [0.4, 0.5) is 0 Å². The van der Waals surface area contributed by atoms with Crippen molar-refractivity contribution in [3.05, 3.63) is 53.7 Å². The van der Waals surface area contributed by atoms with Crippen LogP contribution in [0.1, 0.15) is 36.6 Å². The summed E-state index contributed by atoms with van der Waals surface area (Å²) in [6, 6.07) is 12.2. The number of nitrogens with zero attached hydrogens (tertiary/aromatic N) is 2. The van der Waals surface area contributed by atoms with Crippen LogP contribution in [0.2, 0.25) is 0 Å². The summed E-state index contributed by atoms with van der Waals surface area (Å²) in [4.78, 5) is 4.20. The lowest BCUT2D eigenvalue weighted by Gasteiger charge is -2.14. The first-order valence-corrected chi connectivity index (χ1v) is 6.42. The molecule has 4 nitrogen and oxygen atoms in total. The first-order valence-electron chi connectivity index (χ1n) is 6.42. The van der Waals surface area contributed by atoms with Crippen molar-refractivity contribution >= 4 is 0 Å². The minimum Gasteiger partial charge on any atom is -0.444 e. The Labute approximate surface area is 113 Å². The van der Waals surface area contributed by atoms with E-state index in [0.29, 0.717) is 18.9 Å². The molecule has 1 atom stereocenters. The SMILES string of the molecule is CCc1cnc(CNC(CC#N)c2ccccc2)o1. The first kappa shape index (κ1) is 13.3. The summed E-state index contributed by atoms with van der Waals surface area (Å²) in [5.41, 5.74) is 1.10. The molecule has 0 aliphatic carbocycles. The van der Waals surface area contributed by atoms with Crippen LogP contribution in [0.5, 0.6) is 0 Å². The molecule has 0 aliphatic heterocycles. The van der Waals surface area contributed by atoms with Crippen molar-refractivity contribution in [3.63, 3.8) is 0 Å². The maximum absolute atomic E-state index is 8.91. The lowest BCUT2D eigenvalue weighted by atomic mass is 10.0. The number of rotatable bonds is 6. The van der Waals surface area contributed by atoms with Crippen LogP contribution in [0.15, 0.2) is 40.9 Å². The standard InChI is InChI=1S/C15H17N3O/c1-2-13-10-18-15(19-13)11-17-14(8-9-16)12-6-4-3-5-7-12/h3-7,10,14,17H,2,8,11H2,1H3. The molecule has 0 bridgehead atoms. The molecular weight excluding hydrogens is 238 g/mol. The molecule has 1 heterocycles. The quantitative estimate of drug-likeness (QED) is 0.862. The van der Waals surface area contributed by atoms with Crippen LogP contribution in [-0.4, -0.2) is 4.98 Å². The molecule has 4 heteroatoms. The summed E-state index contributed by atoms with van der Waals surface area (Å²) in [5, 5.41) is 12.2. The minimum atomic E-state index is 0.00294. The second-order valence-corrected chi connectivity index (χ2v) is 4.28. The van der Waals surface area contributed by atoms with Gasteiger partial charge in [0.15, 0.2) is 0 Å². The Balaban J connectivity index is 2.00. The molecule has 2 aromatic rings. The number of benzene rings is 1. The topological polar surface area (TPSA) is 61.9 Å². The van der Waals surface area contributed by atoms with E-state index in [1.54, 1.807) is 6.20 Å². The average molecular weight is 255 g/mol. The normalized spacial score (nSPS) is 12.0. The van der Waals surface area contributed by atoms with E-state index < -0.39 is 0 Å². The maximum Gasteiger partial charge on any atom is 0.208 e. The van der Waals surface area contributed by atoms with E-state index in [2.05, 4.69) is 16.4 Å². The number of nitriles is 1. The van der Waals surface area contributed by atoms with Gasteiger partial charge >= 0.3 is 0 Å². The summed E-state index contributed by atoms with van der Waals surface area (Å²) in [6.45, 7) is 2.56. The Kier molecular flexibility index (Phi) is 4.71. The van der Waals surface area contributed by atoms with Gasteiger partial charge in [0.1, 0.15) is 5.76 Å². The molecule has 0 amide bonds. The largest absolute Gasteiger partial charge is 0.444 e. The highest BCUT2D eigenvalue weighted by Crippen LogP contribution is 2.16. The Bertz CT molecular complexity index is 542. The van der Waals surface area contributed by atoms with E-state index in [9.17, 15) is 0 Å². The Morgan fingerprint density at radius 3 is 2.79 bits per heavy atom. The number of aryl methyl sites for hydroxylation is 1. The molecule has 0 saturated heterocycles. The molecule has 1 N–H and O–H groups in total. The van der Waals surface area contributed by atoms with Crippen molar-refractivity contribution in [1.82, 2.24) is 10.3 Å². The monoisotopic (exact) mass is 255 g/mol. The molecular formula is C15H17N3O. The second kappa shape index (κ2) is 6.72. The maximum atomic E-state index is 8.91. The third-order valence-corrected chi connectivity index (χ3v) is 2.95. The number of hydrogen-bond acceptors (Lipinski definition) is 4. The zero-order valence-electron chi connectivity index (χ0n) is 11.0. The van der Waals surface area contributed by atoms with Crippen molar-refractivity contribution in [2.45, 2.75) is 32.4 Å². The highest BCUT2D eigenvalue weighted by atomic mass is 16.4. The van der Waals surface area contributed by atoms with Gasteiger partial charge in [-0.05, 0) is 5.56 Å². The van der Waals surface area contributed by atoms with Crippen LogP contribution in [0.25, 0.3) is 0 Å². The van der Waals surface area contributed by atoms with E-state index in [4.69, 9.17) is 9.68 Å². The smallest absolute Gasteiger partial charge is 0.208 e. The van der Waals surface area contributed by atoms with Crippen molar-refractivity contribution < 1.29 is 4.42 Å². The molecule has 0 radical (unpaired) electrons. The van der Waals surface area contributed by atoms with E-state index in [1.807, 2.05) is 37.3 Å². The summed E-state index contributed by atoms with van der Waals surface area (Å²) < 4.78 is 5.54. The van der Waals surface area contributed by atoms with E-state index >= 15 is 0 Å². The van der Waals surface area contributed by atoms with Crippen LogP contribution >= 0.6 is 0 Å². The molecule has 1 aromatic carbocycles. The van der Waals surface area contributed by atoms with E-state index in [1.165, 1.54) is 0 Å². The summed E-state index contributed by atoms with van der Waals surface area (Å²) >= 11 is 0. The number of aromatic nitrogens is 1. The molecule has 0 saturated carbocycles. The highest BCUT2D eigenvalue weighted by Gasteiger charge is 2.11. The predicted molar refractivity (Wildman–Crippen MR) is 72.1 cm³/mol. The van der Waals surface area contributed by atoms with Crippen molar-refractivity contribution in [3.8, 4) is 6.07 Å². The zero-order chi connectivity index (χ0) is 13.5. The van der Waals surface area contributed by atoms with Crippen molar-refractivity contribution in [2.75, 3.05) is 0 Å². The third kappa shape index (κ3) is 3.67. The number of nitrogens with one attached hydrogen (secondary N) is 1. The van der Waals surface area contributed by atoms with Crippen LogP contribution in [0, 0.1) is 11.3 Å². The molecule has 0 fully saturated rings. The predicted octanol–water partition coefficient (Wildman–Crippen LogP) is 2.98. The second-order valence-electron chi connectivity index (χ2n) is 4.28. The molecule has 2 rings (SSSR count). The fourth-order valence-corrected chi connectivity index (χ4v) is 1.89. The number of oxazole rings is 1. The van der Waals surface area contributed by atoms with Crippen LogP contribution < -0.4 is 5.32 Å². The first-order chi connectivity index (χ1) is 9.33. The van der Waals surface area contributed by atoms with Gasteiger partial charge in [-0.2, -0.15) is 5.26 Å². The molecule has 0 spiro atoms. The van der Waals surface area contributed by atoms with Crippen molar-refractivity contribution in [2.24, 2.45) is 0 Å². The summed E-state index contributed by atoms with van der Waals surface area (Å²) in [5.74, 6) is 1.55. The summed E-state index contributed by atoms with van der Waals surface area (Å²) in [6.07, 6.45) is 3.01. The van der Waals surface area contributed by atoms with Gasteiger partial charge in [-0.15, -0.1) is 0 Å². The van der Waals surface area contributed by atoms with Gasteiger partial charge in [-0.1, -0.05) is 37.3 Å². The molecule has 1 unspecified atom stereocenters. The third-order valence-electron chi connectivity index (χ3n) is 2.95. The van der Waals surface area contributed by atoms with Gasteiger partial charge in [0, 0.05) is 12.5 Å². The summed E-state index contributed by atoms with van der Waals surface area (Å²) in [7, 11) is 0. The van der Waals surface area contributed by atoms with E-state index in [0.717, 1.165) is 17.7 Å². The van der Waals surface area contributed by atoms with Gasteiger partial charge in [0.2, 0.25) is 5.89 Å². The van der Waals surface area contributed by atoms with Gasteiger partial charge in [0.05, 0.1) is 25.2 Å². The lowest BCUT2D eigenvalue weighted by Crippen LogP contribution is -2.20. The van der Waals surface area contributed by atoms with Crippen LogP contribution in [0.3, 0.4) is 0 Å². The van der Waals surface area contributed by atoms with E-state index in [-0.39, 0.29) is 6.04 Å². The molecule has 19 heavy (non-hydrogen) atoms. The average Bonchev–Trinajstić information content (AvgIpc) is 2.92. The zero-order valence-corrected chi connectivity index (χ0v) is 11.0. The van der Waals surface area contributed by atoms with Crippen LogP contribution in [-0.2, 0) is 13.0 Å². The Morgan fingerprint density at radius 2 is 2.16 bits per heavy atom. The fraction of sp³-hybridized carbons (Fsp3) is 0.333. The van der Waals surface area contributed by atoms with Gasteiger partial charge in [0.25, 0.3) is 0 Å². The highest BCUT2D eigenvalue weighted by molar-refractivity contribution is 5.19. The van der Waals surface area contributed by atoms with Gasteiger partial charge in [-0.25, -0.2) is 4.98 Å².